The normalized spacial score (nSPS) is 17.3. The first-order chi connectivity index (χ1) is 21.1. The number of halogens is 1. The lowest BCUT2D eigenvalue weighted by Gasteiger charge is -2.26. The molecule has 0 spiro atoms. The summed E-state index contributed by atoms with van der Waals surface area (Å²) < 4.78 is 31.5. The van der Waals surface area contributed by atoms with Gasteiger partial charge < -0.3 is 14.4 Å². The largest absolute Gasteiger partial charge is 0.490 e. The Morgan fingerprint density at radius 3 is 2.79 bits per heavy atom. The minimum atomic E-state index is -0.452. The van der Waals surface area contributed by atoms with E-state index in [0.717, 1.165) is 19.4 Å². The highest BCUT2D eigenvalue weighted by atomic mass is 19.1. The van der Waals surface area contributed by atoms with E-state index < -0.39 is 5.82 Å². The van der Waals surface area contributed by atoms with Gasteiger partial charge in [0.2, 0.25) is 5.88 Å². The Bertz CT molecular complexity index is 1730. The van der Waals surface area contributed by atoms with Crippen molar-refractivity contribution in [2.75, 3.05) is 32.8 Å². The van der Waals surface area contributed by atoms with Crippen LogP contribution in [0.5, 0.6) is 11.6 Å². The molecule has 4 aromatic rings. The lowest BCUT2D eigenvalue weighted by molar-refractivity contribution is 0.203. The number of hydrogen-bond donors (Lipinski definition) is 0. The summed E-state index contributed by atoms with van der Waals surface area (Å²) in [6, 6.07) is 4.76. The zero-order valence-electron chi connectivity index (χ0n) is 24.7. The van der Waals surface area contributed by atoms with Crippen LogP contribution >= 0.6 is 0 Å². The van der Waals surface area contributed by atoms with Gasteiger partial charge in [0.15, 0.2) is 0 Å². The SMILES string of the molecule is C=C/C=C\C=C/CCC1COc2c(-c3ccc(OCCCN4CCCCC4)nc3)c(F)cc3ncc4c(c23)n1c(=O)n4C. The van der Waals surface area contributed by atoms with E-state index in [-0.39, 0.29) is 18.3 Å². The van der Waals surface area contributed by atoms with Crippen LogP contribution in [0.1, 0.15) is 44.6 Å². The standard InChI is InChI=1S/C34H38FN5O3/c1-3-4-5-6-7-9-13-25-23-43-33-30(24-14-15-29(37-21-24)42-19-12-18-39-16-10-8-11-17-39)26(35)20-27-31(33)32-28(22-36-27)38(2)34(41)40(25)32/h3-7,14-15,20-22,25H,1,8-13,16-19,23H2,2H3/b5-4-,7-6-. The fraction of sp³-hybridized carbons (Fsp3) is 0.382. The maximum atomic E-state index is 15.8. The van der Waals surface area contributed by atoms with Crippen LogP contribution in [0.2, 0.25) is 0 Å². The van der Waals surface area contributed by atoms with Crippen molar-refractivity contribution in [3.05, 3.63) is 83.9 Å². The molecule has 0 saturated carbocycles. The average molecular weight is 584 g/mol. The number of pyridine rings is 2. The van der Waals surface area contributed by atoms with E-state index in [1.807, 2.05) is 24.3 Å². The summed E-state index contributed by atoms with van der Waals surface area (Å²) in [5.74, 6) is 0.440. The number of aryl methyl sites for hydroxylation is 1. The van der Waals surface area contributed by atoms with Crippen molar-refractivity contribution in [2.24, 2.45) is 7.05 Å². The first-order valence-electron chi connectivity index (χ1n) is 15.2. The molecular weight excluding hydrogens is 545 g/mol. The second kappa shape index (κ2) is 13.0. The molecule has 0 bridgehead atoms. The maximum absolute atomic E-state index is 15.8. The van der Waals surface area contributed by atoms with Gasteiger partial charge in [0.1, 0.15) is 18.2 Å². The number of nitrogens with zero attached hydrogens (tertiary/aromatic N) is 5. The Labute approximate surface area is 250 Å². The van der Waals surface area contributed by atoms with E-state index in [4.69, 9.17) is 9.47 Å². The highest BCUT2D eigenvalue weighted by Gasteiger charge is 2.30. The number of allylic oxidation sites excluding steroid dienone is 5. The van der Waals surface area contributed by atoms with Gasteiger partial charge in [-0.15, -0.1) is 0 Å². The predicted molar refractivity (Wildman–Crippen MR) is 168 cm³/mol. The molecule has 1 unspecified atom stereocenters. The Morgan fingerprint density at radius 1 is 1.14 bits per heavy atom. The molecule has 1 aromatic carbocycles. The van der Waals surface area contributed by atoms with Crippen molar-refractivity contribution >= 4 is 21.9 Å². The van der Waals surface area contributed by atoms with Crippen LogP contribution in [0.3, 0.4) is 0 Å². The predicted octanol–water partition coefficient (Wildman–Crippen LogP) is 6.36. The average Bonchev–Trinajstić information content (AvgIpc) is 3.16. The zero-order valence-corrected chi connectivity index (χ0v) is 24.7. The van der Waals surface area contributed by atoms with E-state index in [1.165, 1.54) is 38.4 Å². The lowest BCUT2D eigenvalue weighted by Crippen LogP contribution is -2.31. The molecule has 1 saturated heterocycles. The Hall–Kier alpha value is -4.24. The summed E-state index contributed by atoms with van der Waals surface area (Å²) in [6.45, 7) is 7.85. The third kappa shape index (κ3) is 5.86. The van der Waals surface area contributed by atoms with Crippen molar-refractivity contribution in [2.45, 2.75) is 44.6 Å². The summed E-state index contributed by atoms with van der Waals surface area (Å²) >= 11 is 0. The molecule has 2 aliphatic heterocycles. The lowest BCUT2D eigenvalue weighted by atomic mass is 10.0. The third-order valence-electron chi connectivity index (χ3n) is 8.40. The van der Waals surface area contributed by atoms with Gasteiger partial charge in [0.25, 0.3) is 0 Å². The van der Waals surface area contributed by atoms with Crippen LogP contribution < -0.4 is 15.2 Å². The van der Waals surface area contributed by atoms with Crippen molar-refractivity contribution in [3.63, 3.8) is 0 Å². The smallest absolute Gasteiger partial charge is 0.329 e. The van der Waals surface area contributed by atoms with Gasteiger partial charge in [0.05, 0.1) is 46.3 Å². The number of rotatable bonds is 11. The van der Waals surface area contributed by atoms with Gasteiger partial charge in [-0.3, -0.25) is 14.1 Å². The maximum Gasteiger partial charge on any atom is 0.329 e. The van der Waals surface area contributed by atoms with Gasteiger partial charge in [0, 0.05) is 37.5 Å². The number of likely N-dealkylation sites (tertiary alicyclic amines) is 1. The van der Waals surface area contributed by atoms with Gasteiger partial charge in [-0.2, -0.15) is 0 Å². The molecular formula is C34H38FN5O3. The fourth-order valence-electron chi connectivity index (χ4n) is 6.20. The second-order valence-electron chi connectivity index (χ2n) is 11.2. The molecule has 8 nitrogen and oxygen atoms in total. The summed E-state index contributed by atoms with van der Waals surface area (Å²) in [7, 11) is 1.74. The molecule has 0 N–H and O–H groups in total. The van der Waals surface area contributed by atoms with Gasteiger partial charge in [-0.1, -0.05) is 43.4 Å². The number of imidazole rings is 1. The van der Waals surface area contributed by atoms with Gasteiger partial charge >= 0.3 is 5.69 Å². The topological polar surface area (TPSA) is 74.4 Å². The minimum absolute atomic E-state index is 0.143. The van der Waals surface area contributed by atoms with Gasteiger partial charge in [-0.25, -0.2) is 14.2 Å². The molecule has 0 amide bonds. The van der Waals surface area contributed by atoms with Crippen LogP contribution in [-0.2, 0) is 7.05 Å². The van der Waals surface area contributed by atoms with E-state index >= 15 is 4.39 Å². The summed E-state index contributed by atoms with van der Waals surface area (Å²) in [5, 5.41) is 0.636. The minimum Gasteiger partial charge on any atom is -0.490 e. The molecule has 2 aliphatic rings. The zero-order chi connectivity index (χ0) is 29.8. The number of piperidine rings is 1. The quantitative estimate of drug-likeness (QED) is 0.151. The summed E-state index contributed by atoms with van der Waals surface area (Å²) in [6.07, 6.45) is 19.0. The number of benzene rings is 1. The van der Waals surface area contributed by atoms with Crippen LogP contribution in [-0.4, -0.2) is 56.9 Å². The molecule has 6 rings (SSSR count). The van der Waals surface area contributed by atoms with Crippen LogP contribution in [0, 0.1) is 5.82 Å². The highest BCUT2D eigenvalue weighted by Crippen LogP contribution is 2.44. The monoisotopic (exact) mass is 583 g/mol. The number of hydrogen-bond acceptors (Lipinski definition) is 6. The fourth-order valence-corrected chi connectivity index (χ4v) is 6.20. The first kappa shape index (κ1) is 28.9. The van der Waals surface area contributed by atoms with E-state index in [1.54, 1.807) is 40.7 Å². The van der Waals surface area contributed by atoms with Crippen molar-refractivity contribution in [3.8, 4) is 22.8 Å². The summed E-state index contributed by atoms with van der Waals surface area (Å²) in [4.78, 5) is 25.0. The molecule has 1 atom stereocenters. The molecule has 224 valence electrons. The summed E-state index contributed by atoms with van der Waals surface area (Å²) in [5.41, 5.74) is 2.59. The first-order valence-corrected chi connectivity index (χ1v) is 15.2. The van der Waals surface area contributed by atoms with Crippen molar-refractivity contribution in [1.82, 2.24) is 24.0 Å². The molecule has 9 heteroatoms. The van der Waals surface area contributed by atoms with Crippen molar-refractivity contribution < 1.29 is 13.9 Å². The van der Waals surface area contributed by atoms with E-state index in [2.05, 4.69) is 27.5 Å². The number of ether oxygens (including phenoxy) is 2. The molecule has 1 fully saturated rings. The van der Waals surface area contributed by atoms with Crippen LogP contribution in [0.25, 0.3) is 33.1 Å². The Balaban J connectivity index is 1.29. The Morgan fingerprint density at radius 2 is 2.00 bits per heavy atom. The second-order valence-corrected chi connectivity index (χ2v) is 11.2. The highest BCUT2D eigenvalue weighted by molar-refractivity contribution is 6.09. The molecule has 3 aromatic heterocycles. The van der Waals surface area contributed by atoms with Crippen molar-refractivity contribution in [1.29, 1.82) is 0 Å². The Kier molecular flexibility index (Phi) is 8.69. The van der Waals surface area contributed by atoms with E-state index in [0.29, 0.717) is 57.7 Å². The molecule has 0 aliphatic carbocycles. The van der Waals surface area contributed by atoms with E-state index in [9.17, 15) is 4.79 Å². The van der Waals surface area contributed by atoms with Crippen LogP contribution in [0.4, 0.5) is 4.39 Å². The molecule has 5 heterocycles. The molecule has 43 heavy (non-hydrogen) atoms. The van der Waals surface area contributed by atoms with Crippen LogP contribution in [0.15, 0.2) is 72.3 Å². The molecule has 0 radical (unpaired) electrons. The van der Waals surface area contributed by atoms with Gasteiger partial charge in [-0.05, 0) is 51.3 Å². The number of aromatic nitrogens is 4. The third-order valence-corrected chi connectivity index (χ3v) is 8.40.